The number of non-ortho nitro benzene ring substituents is 1. The van der Waals surface area contributed by atoms with Gasteiger partial charge >= 0.3 is 0 Å². The van der Waals surface area contributed by atoms with Gasteiger partial charge in [0.15, 0.2) is 5.16 Å². The number of aromatic nitrogens is 2. The minimum atomic E-state index is -0.405. The first-order chi connectivity index (χ1) is 9.90. The van der Waals surface area contributed by atoms with Crippen LogP contribution in [0.25, 0.3) is 0 Å². The molecule has 0 spiro atoms. The van der Waals surface area contributed by atoms with E-state index in [2.05, 4.69) is 15.3 Å². The Bertz CT molecular complexity index is 680. The second kappa shape index (κ2) is 6.09. The van der Waals surface area contributed by atoms with Crippen LogP contribution in [0, 0.1) is 30.9 Å². The van der Waals surface area contributed by atoms with Crippen LogP contribution in [-0.2, 0) is 0 Å². The Morgan fingerprint density at radius 1 is 1.14 bits per heavy atom. The molecule has 21 heavy (non-hydrogen) atoms. The number of aryl methyl sites for hydroxylation is 2. The first-order valence-electron chi connectivity index (χ1n) is 6.37. The molecule has 1 aromatic carbocycles. The molecule has 0 bridgehead atoms. The van der Waals surface area contributed by atoms with E-state index < -0.39 is 4.92 Å². The number of rotatable bonds is 4. The zero-order valence-corrected chi connectivity index (χ0v) is 13.1. The normalized spacial score (nSPS) is 10.5. The van der Waals surface area contributed by atoms with Crippen LogP contribution in [0.3, 0.4) is 0 Å². The van der Waals surface area contributed by atoms with Crippen LogP contribution in [0.1, 0.15) is 17.0 Å². The van der Waals surface area contributed by atoms with Crippen molar-refractivity contribution in [1.82, 2.24) is 9.97 Å². The summed E-state index contributed by atoms with van der Waals surface area (Å²) >= 11 is 1.32. The van der Waals surface area contributed by atoms with E-state index in [0.29, 0.717) is 10.8 Å². The molecule has 0 aliphatic carbocycles. The van der Waals surface area contributed by atoms with Crippen molar-refractivity contribution in [3.05, 3.63) is 45.3 Å². The van der Waals surface area contributed by atoms with E-state index in [-0.39, 0.29) is 5.69 Å². The van der Waals surface area contributed by atoms with Crippen LogP contribution in [0.4, 0.5) is 11.4 Å². The summed E-state index contributed by atoms with van der Waals surface area (Å²) in [6, 6.07) is 4.86. The van der Waals surface area contributed by atoms with Crippen molar-refractivity contribution in [3.63, 3.8) is 0 Å². The lowest BCUT2D eigenvalue weighted by molar-refractivity contribution is -0.385. The molecule has 7 heteroatoms. The molecule has 0 radical (unpaired) electrons. The molecule has 0 saturated carbocycles. The van der Waals surface area contributed by atoms with E-state index in [0.717, 1.165) is 21.8 Å². The van der Waals surface area contributed by atoms with Gasteiger partial charge in [0.1, 0.15) is 0 Å². The lowest BCUT2D eigenvalue weighted by Gasteiger charge is -2.08. The molecule has 0 aliphatic heterocycles. The van der Waals surface area contributed by atoms with Gasteiger partial charge in [-0.05, 0) is 44.2 Å². The van der Waals surface area contributed by atoms with E-state index in [1.54, 1.807) is 7.05 Å². The Morgan fingerprint density at radius 3 is 2.29 bits per heavy atom. The van der Waals surface area contributed by atoms with Crippen LogP contribution < -0.4 is 5.32 Å². The summed E-state index contributed by atoms with van der Waals surface area (Å²) in [5, 5.41) is 14.5. The molecule has 0 atom stereocenters. The van der Waals surface area contributed by atoms with Gasteiger partial charge in [0.25, 0.3) is 5.69 Å². The number of anilines is 1. The number of hydrogen-bond donors (Lipinski definition) is 1. The zero-order valence-electron chi connectivity index (χ0n) is 12.3. The highest BCUT2D eigenvalue weighted by molar-refractivity contribution is 7.99. The van der Waals surface area contributed by atoms with Crippen LogP contribution in [0.2, 0.25) is 0 Å². The van der Waals surface area contributed by atoms with Gasteiger partial charge in [-0.1, -0.05) is 0 Å². The summed E-state index contributed by atoms with van der Waals surface area (Å²) in [5.41, 5.74) is 3.64. The minimum Gasteiger partial charge on any atom is -0.388 e. The molecular formula is C14H16N4O2S. The second-order valence-electron chi connectivity index (χ2n) is 4.63. The van der Waals surface area contributed by atoms with Crippen molar-refractivity contribution in [2.45, 2.75) is 30.8 Å². The number of nitro groups is 1. The lowest BCUT2D eigenvalue weighted by atomic mass is 10.2. The van der Waals surface area contributed by atoms with Crippen molar-refractivity contribution < 1.29 is 4.92 Å². The average Bonchev–Trinajstić information content (AvgIpc) is 2.44. The van der Waals surface area contributed by atoms with Gasteiger partial charge in [0.2, 0.25) is 0 Å². The molecular weight excluding hydrogens is 288 g/mol. The lowest BCUT2D eigenvalue weighted by Crippen LogP contribution is -1.98. The summed E-state index contributed by atoms with van der Waals surface area (Å²) in [6.45, 7) is 5.84. The van der Waals surface area contributed by atoms with Gasteiger partial charge in [0.05, 0.1) is 4.92 Å². The summed E-state index contributed by atoms with van der Waals surface area (Å²) in [6.07, 6.45) is 0. The molecule has 1 aromatic heterocycles. The molecule has 0 amide bonds. The maximum absolute atomic E-state index is 11.0. The standard InChI is InChI=1S/C14H16N4O2S/c1-8-9(2)16-14(17-10(8)3)21-13-6-11(15-4)5-12(7-13)18(19)20/h5-7,15H,1-4H3. The number of nitro benzene ring substituents is 1. The van der Waals surface area contributed by atoms with Crippen molar-refractivity contribution in [1.29, 1.82) is 0 Å². The molecule has 0 fully saturated rings. The molecule has 1 N–H and O–H groups in total. The molecule has 0 aliphatic rings. The largest absolute Gasteiger partial charge is 0.388 e. The quantitative estimate of drug-likeness (QED) is 0.529. The van der Waals surface area contributed by atoms with Gasteiger partial charge in [-0.2, -0.15) is 0 Å². The molecule has 2 aromatic rings. The highest BCUT2D eigenvalue weighted by Gasteiger charge is 2.12. The van der Waals surface area contributed by atoms with Crippen LogP contribution in [0.5, 0.6) is 0 Å². The van der Waals surface area contributed by atoms with Gasteiger partial charge in [0, 0.05) is 41.2 Å². The summed E-state index contributed by atoms with van der Waals surface area (Å²) in [7, 11) is 1.73. The minimum absolute atomic E-state index is 0.0462. The summed E-state index contributed by atoms with van der Waals surface area (Å²) < 4.78 is 0. The SMILES string of the molecule is CNc1cc(Sc2nc(C)c(C)c(C)n2)cc([N+](=O)[O-])c1. The third-order valence-electron chi connectivity index (χ3n) is 3.21. The van der Waals surface area contributed by atoms with Gasteiger partial charge in [-0.15, -0.1) is 0 Å². The van der Waals surface area contributed by atoms with E-state index in [1.165, 1.54) is 23.9 Å². The Morgan fingerprint density at radius 2 is 1.76 bits per heavy atom. The number of benzene rings is 1. The second-order valence-corrected chi connectivity index (χ2v) is 5.67. The summed E-state index contributed by atoms with van der Waals surface area (Å²) in [5.74, 6) is 0. The summed E-state index contributed by atoms with van der Waals surface area (Å²) in [4.78, 5) is 20.1. The topological polar surface area (TPSA) is 81.0 Å². The fourth-order valence-electron chi connectivity index (χ4n) is 1.78. The average molecular weight is 304 g/mol. The number of nitrogens with zero attached hydrogens (tertiary/aromatic N) is 3. The molecule has 2 rings (SSSR count). The highest BCUT2D eigenvalue weighted by atomic mass is 32.2. The fraction of sp³-hybridized carbons (Fsp3) is 0.286. The van der Waals surface area contributed by atoms with Crippen LogP contribution in [-0.4, -0.2) is 21.9 Å². The van der Waals surface area contributed by atoms with Crippen LogP contribution >= 0.6 is 11.8 Å². The molecule has 6 nitrogen and oxygen atoms in total. The smallest absolute Gasteiger partial charge is 0.272 e. The van der Waals surface area contributed by atoms with Crippen molar-refractivity contribution in [2.75, 3.05) is 12.4 Å². The van der Waals surface area contributed by atoms with Crippen molar-refractivity contribution >= 4 is 23.1 Å². The van der Waals surface area contributed by atoms with Crippen LogP contribution in [0.15, 0.2) is 28.3 Å². The van der Waals surface area contributed by atoms with Gasteiger partial charge in [-0.3, -0.25) is 10.1 Å². The van der Waals surface area contributed by atoms with Gasteiger partial charge < -0.3 is 5.32 Å². The Kier molecular flexibility index (Phi) is 4.42. The van der Waals surface area contributed by atoms with E-state index in [9.17, 15) is 10.1 Å². The van der Waals surface area contributed by atoms with Crippen molar-refractivity contribution in [3.8, 4) is 0 Å². The Hall–Kier alpha value is -2.15. The van der Waals surface area contributed by atoms with E-state index >= 15 is 0 Å². The van der Waals surface area contributed by atoms with Crippen molar-refractivity contribution in [2.24, 2.45) is 0 Å². The Balaban J connectivity index is 2.39. The molecule has 0 unspecified atom stereocenters. The maximum Gasteiger partial charge on any atom is 0.272 e. The monoisotopic (exact) mass is 304 g/mol. The zero-order chi connectivity index (χ0) is 15.6. The Labute approximate surface area is 127 Å². The third kappa shape index (κ3) is 3.49. The number of nitrogens with one attached hydrogen (secondary N) is 1. The predicted molar refractivity (Wildman–Crippen MR) is 83.0 cm³/mol. The van der Waals surface area contributed by atoms with E-state index in [1.807, 2.05) is 26.8 Å². The predicted octanol–water partition coefficient (Wildman–Crippen LogP) is 3.50. The van der Waals surface area contributed by atoms with E-state index in [4.69, 9.17) is 0 Å². The van der Waals surface area contributed by atoms with Gasteiger partial charge in [-0.25, -0.2) is 9.97 Å². The first kappa shape index (κ1) is 15.2. The molecule has 1 heterocycles. The molecule has 0 saturated heterocycles. The fourth-order valence-corrected chi connectivity index (χ4v) is 2.73. The maximum atomic E-state index is 11.0. The third-order valence-corrected chi connectivity index (χ3v) is 4.05. The highest BCUT2D eigenvalue weighted by Crippen LogP contribution is 2.31. The molecule has 110 valence electrons. The first-order valence-corrected chi connectivity index (χ1v) is 7.19. The number of hydrogen-bond acceptors (Lipinski definition) is 6.